The molecular weight excluding hydrogens is 431 g/mol. The number of aromatic nitrogens is 3. The van der Waals surface area contributed by atoms with Crippen LogP contribution in [0, 0.1) is 13.8 Å². The van der Waals surface area contributed by atoms with Crippen LogP contribution in [0.5, 0.6) is 0 Å². The molecule has 0 aromatic carbocycles. The van der Waals surface area contributed by atoms with E-state index in [9.17, 15) is 0 Å². The van der Waals surface area contributed by atoms with Gasteiger partial charge in [-0.05, 0) is 26.7 Å². The minimum Gasteiger partial charge on any atom is -0.359 e. The molecule has 7 nitrogen and oxygen atoms in total. The largest absolute Gasteiger partial charge is 0.359 e. The highest BCUT2D eigenvalue weighted by molar-refractivity contribution is 14.0. The summed E-state index contributed by atoms with van der Waals surface area (Å²) in [7, 11) is 1.95. The molecule has 0 radical (unpaired) electrons. The molecule has 0 atom stereocenters. The first-order valence-electron chi connectivity index (χ1n) is 8.39. The Morgan fingerprint density at radius 3 is 2.56 bits per heavy atom. The number of aliphatic imine (C=N–C) groups is 1. The number of aryl methyl sites for hydroxylation is 2. The van der Waals surface area contributed by atoms with Crippen LogP contribution in [0.1, 0.15) is 55.1 Å². The van der Waals surface area contributed by atoms with Crippen molar-refractivity contribution in [2.24, 2.45) is 12.0 Å². The molecule has 0 aliphatic carbocycles. The molecule has 25 heavy (non-hydrogen) atoms. The Labute approximate surface area is 166 Å². The maximum absolute atomic E-state index is 5.35. The second-order valence-electron chi connectivity index (χ2n) is 6.19. The molecule has 2 aromatic rings. The Kier molecular flexibility index (Phi) is 8.40. The van der Waals surface area contributed by atoms with Gasteiger partial charge in [0.15, 0.2) is 11.7 Å². The van der Waals surface area contributed by atoms with Crippen LogP contribution in [0.25, 0.3) is 0 Å². The Morgan fingerprint density at radius 2 is 2.04 bits per heavy atom. The van der Waals surface area contributed by atoms with Crippen LogP contribution in [0.15, 0.2) is 15.6 Å². The summed E-state index contributed by atoms with van der Waals surface area (Å²) >= 11 is 0. The fourth-order valence-electron chi connectivity index (χ4n) is 2.40. The highest BCUT2D eigenvalue weighted by atomic mass is 127. The Balaban J connectivity index is 0.00000312. The maximum atomic E-state index is 5.35. The fourth-order valence-corrected chi connectivity index (χ4v) is 2.40. The summed E-state index contributed by atoms with van der Waals surface area (Å²) < 4.78 is 7.24. The van der Waals surface area contributed by atoms with Crippen molar-refractivity contribution in [2.75, 3.05) is 6.54 Å². The topological polar surface area (TPSA) is 80.3 Å². The quantitative estimate of drug-likeness (QED) is 0.394. The van der Waals surface area contributed by atoms with Gasteiger partial charge in [0.05, 0.1) is 24.5 Å². The van der Waals surface area contributed by atoms with Crippen molar-refractivity contribution in [2.45, 2.75) is 53.6 Å². The van der Waals surface area contributed by atoms with Crippen molar-refractivity contribution in [3.05, 3.63) is 34.5 Å². The summed E-state index contributed by atoms with van der Waals surface area (Å²) in [5, 5.41) is 15.0. The lowest BCUT2D eigenvalue weighted by Gasteiger charge is -2.10. The molecule has 0 aliphatic heterocycles. The summed E-state index contributed by atoms with van der Waals surface area (Å²) in [6.07, 6.45) is 0. The monoisotopic (exact) mass is 460 g/mol. The molecule has 2 aromatic heterocycles. The molecule has 0 aliphatic rings. The molecule has 0 amide bonds. The first kappa shape index (κ1) is 21.5. The van der Waals surface area contributed by atoms with Crippen LogP contribution in [0.2, 0.25) is 0 Å². The SMILES string of the molecule is CCNC(=NCc1c(C)nn(C)c1C)NCc1cc(C(C)C)no1.I. The summed E-state index contributed by atoms with van der Waals surface area (Å²) in [5.41, 5.74) is 4.29. The first-order chi connectivity index (χ1) is 11.4. The van der Waals surface area contributed by atoms with Crippen molar-refractivity contribution < 1.29 is 4.52 Å². The number of nitrogens with zero attached hydrogens (tertiary/aromatic N) is 4. The minimum absolute atomic E-state index is 0. The van der Waals surface area contributed by atoms with E-state index in [1.54, 1.807) is 0 Å². The highest BCUT2D eigenvalue weighted by Crippen LogP contribution is 2.14. The van der Waals surface area contributed by atoms with E-state index in [2.05, 4.69) is 46.7 Å². The maximum Gasteiger partial charge on any atom is 0.191 e. The number of hydrogen-bond acceptors (Lipinski definition) is 4. The van der Waals surface area contributed by atoms with Gasteiger partial charge >= 0.3 is 0 Å². The van der Waals surface area contributed by atoms with Crippen molar-refractivity contribution in [1.29, 1.82) is 0 Å². The van der Waals surface area contributed by atoms with Gasteiger partial charge in [-0.3, -0.25) is 4.68 Å². The predicted octanol–water partition coefficient (Wildman–Crippen LogP) is 3.02. The van der Waals surface area contributed by atoms with Gasteiger partial charge in [-0.25, -0.2) is 4.99 Å². The molecular formula is C17H29IN6O. The average Bonchev–Trinajstić information content (AvgIpc) is 3.09. The summed E-state index contributed by atoms with van der Waals surface area (Å²) in [4.78, 5) is 4.65. The minimum atomic E-state index is 0. The molecule has 2 heterocycles. The van der Waals surface area contributed by atoms with Gasteiger partial charge in [-0.2, -0.15) is 5.10 Å². The van der Waals surface area contributed by atoms with Crippen molar-refractivity contribution in [1.82, 2.24) is 25.6 Å². The van der Waals surface area contributed by atoms with E-state index in [0.29, 0.717) is 19.0 Å². The summed E-state index contributed by atoms with van der Waals surface area (Å²) in [6, 6.07) is 1.98. The first-order valence-corrected chi connectivity index (χ1v) is 8.39. The average molecular weight is 460 g/mol. The van der Waals surface area contributed by atoms with Crippen molar-refractivity contribution in [3.63, 3.8) is 0 Å². The lowest BCUT2D eigenvalue weighted by molar-refractivity contribution is 0.372. The van der Waals surface area contributed by atoms with E-state index >= 15 is 0 Å². The second kappa shape index (κ2) is 9.79. The predicted molar refractivity (Wildman–Crippen MR) is 110 cm³/mol. The third kappa shape index (κ3) is 5.72. The zero-order valence-corrected chi connectivity index (χ0v) is 18.2. The second-order valence-corrected chi connectivity index (χ2v) is 6.19. The number of hydrogen-bond donors (Lipinski definition) is 2. The Morgan fingerprint density at radius 1 is 1.32 bits per heavy atom. The number of rotatable bonds is 6. The number of nitrogens with one attached hydrogen (secondary N) is 2. The van der Waals surface area contributed by atoms with E-state index in [1.807, 2.05) is 31.6 Å². The van der Waals surface area contributed by atoms with Gasteiger partial charge in [0.25, 0.3) is 0 Å². The fraction of sp³-hybridized carbons (Fsp3) is 0.588. The smallest absolute Gasteiger partial charge is 0.191 e. The molecule has 0 spiro atoms. The molecule has 2 rings (SSSR count). The number of guanidine groups is 1. The summed E-state index contributed by atoms with van der Waals surface area (Å²) in [6.45, 7) is 12.3. The van der Waals surface area contributed by atoms with Crippen molar-refractivity contribution >= 4 is 29.9 Å². The van der Waals surface area contributed by atoms with E-state index in [0.717, 1.165) is 40.9 Å². The molecule has 0 fully saturated rings. The third-order valence-electron chi connectivity index (χ3n) is 4.00. The molecule has 0 saturated carbocycles. The molecule has 0 saturated heterocycles. The van der Waals surface area contributed by atoms with Gasteiger partial charge in [0, 0.05) is 30.9 Å². The van der Waals surface area contributed by atoms with E-state index in [1.165, 1.54) is 0 Å². The van der Waals surface area contributed by atoms with Crippen LogP contribution in [0.4, 0.5) is 0 Å². The zero-order valence-electron chi connectivity index (χ0n) is 15.9. The molecule has 0 bridgehead atoms. The van der Waals surface area contributed by atoms with Crippen LogP contribution < -0.4 is 10.6 Å². The highest BCUT2D eigenvalue weighted by Gasteiger charge is 2.10. The molecule has 8 heteroatoms. The standard InChI is InChI=1S/C17H28N6O.HI/c1-7-18-17(19-9-14-8-16(11(2)3)22-24-14)20-10-15-12(4)21-23(6)13(15)5;/h8,11H,7,9-10H2,1-6H3,(H2,18,19,20);1H. The molecule has 0 unspecified atom stereocenters. The third-order valence-corrected chi connectivity index (χ3v) is 4.00. The van der Waals surface area contributed by atoms with Crippen LogP contribution >= 0.6 is 24.0 Å². The Bertz CT molecular complexity index is 704. The van der Waals surface area contributed by atoms with Crippen LogP contribution in [-0.4, -0.2) is 27.4 Å². The van der Waals surface area contributed by atoms with Gasteiger partial charge in [-0.1, -0.05) is 19.0 Å². The number of halogens is 1. The van der Waals surface area contributed by atoms with Gasteiger partial charge in [0.1, 0.15) is 0 Å². The molecule has 140 valence electrons. The lowest BCUT2D eigenvalue weighted by atomic mass is 10.1. The van der Waals surface area contributed by atoms with Crippen molar-refractivity contribution in [3.8, 4) is 0 Å². The van der Waals surface area contributed by atoms with Gasteiger partial charge < -0.3 is 15.2 Å². The normalized spacial score (nSPS) is 11.6. The zero-order chi connectivity index (χ0) is 17.7. The van der Waals surface area contributed by atoms with Gasteiger partial charge in [0.2, 0.25) is 0 Å². The van der Waals surface area contributed by atoms with E-state index in [-0.39, 0.29) is 24.0 Å². The van der Waals surface area contributed by atoms with E-state index in [4.69, 9.17) is 4.52 Å². The lowest BCUT2D eigenvalue weighted by Crippen LogP contribution is -2.36. The van der Waals surface area contributed by atoms with Crippen LogP contribution in [-0.2, 0) is 20.1 Å². The van der Waals surface area contributed by atoms with Crippen LogP contribution in [0.3, 0.4) is 0 Å². The van der Waals surface area contributed by atoms with E-state index < -0.39 is 0 Å². The Hall–Kier alpha value is -1.58. The summed E-state index contributed by atoms with van der Waals surface area (Å²) in [5.74, 6) is 1.92. The van der Waals surface area contributed by atoms with Gasteiger partial charge in [-0.15, -0.1) is 24.0 Å². The molecule has 2 N–H and O–H groups in total.